The molecule has 1 atom stereocenters. The number of amides is 2. The van der Waals surface area contributed by atoms with Crippen molar-refractivity contribution in [2.75, 3.05) is 17.2 Å². The molecule has 7 heteroatoms. The Morgan fingerprint density at radius 1 is 1.30 bits per heavy atom. The number of anilines is 1. The Morgan fingerprint density at radius 3 is 2.81 bits per heavy atom. The fourth-order valence-corrected chi connectivity index (χ4v) is 5.45. The van der Waals surface area contributed by atoms with Gasteiger partial charge in [0.05, 0.1) is 12.2 Å². The maximum atomic E-state index is 14.1. The molecule has 1 unspecified atom stereocenters. The van der Waals surface area contributed by atoms with Gasteiger partial charge in [0.1, 0.15) is 5.82 Å². The molecule has 2 aliphatic rings. The molecule has 0 aliphatic carbocycles. The van der Waals surface area contributed by atoms with Gasteiger partial charge in [-0.3, -0.25) is 9.59 Å². The van der Waals surface area contributed by atoms with Crippen molar-refractivity contribution in [2.24, 2.45) is 0 Å². The molecule has 27 heavy (non-hydrogen) atoms. The van der Waals surface area contributed by atoms with Crippen molar-refractivity contribution >= 4 is 40.9 Å². The number of nitrogens with zero attached hydrogens (tertiary/aromatic N) is 2. The van der Waals surface area contributed by atoms with Crippen LogP contribution in [0.4, 0.5) is 10.1 Å². The van der Waals surface area contributed by atoms with Crippen LogP contribution in [0.1, 0.15) is 24.5 Å². The average Bonchev–Trinajstić information content (AvgIpc) is 3.20. The second-order valence-corrected chi connectivity index (χ2v) is 8.23. The van der Waals surface area contributed by atoms with Crippen LogP contribution in [-0.2, 0) is 21.0 Å². The maximum Gasteiger partial charge on any atom is 0.268 e. The molecule has 2 amide bonds. The van der Waals surface area contributed by atoms with Crippen LogP contribution in [0.15, 0.2) is 42.5 Å². The van der Waals surface area contributed by atoms with Crippen molar-refractivity contribution in [2.45, 2.75) is 24.8 Å². The zero-order valence-electron chi connectivity index (χ0n) is 14.7. The third-order valence-corrected chi connectivity index (χ3v) is 6.83. The third kappa shape index (κ3) is 2.74. The summed E-state index contributed by atoms with van der Waals surface area (Å²) in [5.74, 6) is -0.111. The predicted octanol–water partition coefficient (Wildman–Crippen LogP) is 4.16. The quantitative estimate of drug-likeness (QED) is 0.771. The number of halogens is 2. The van der Waals surface area contributed by atoms with Gasteiger partial charge in [-0.2, -0.15) is 0 Å². The van der Waals surface area contributed by atoms with E-state index in [-0.39, 0.29) is 18.4 Å². The van der Waals surface area contributed by atoms with E-state index in [4.69, 9.17) is 11.6 Å². The van der Waals surface area contributed by atoms with Crippen molar-refractivity contribution < 1.29 is 14.0 Å². The summed E-state index contributed by atoms with van der Waals surface area (Å²) < 4.78 is 14.1. The zero-order valence-corrected chi connectivity index (χ0v) is 16.3. The van der Waals surface area contributed by atoms with E-state index in [0.29, 0.717) is 35.0 Å². The van der Waals surface area contributed by atoms with Crippen LogP contribution in [-0.4, -0.2) is 29.0 Å². The van der Waals surface area contributed by atoms with Gasteiger partial charge in [0.25, 0.3) is 5.91 Å². The molecule has 4 nitrogen and oxygen atoms in total. The van der Waals surface area contributed by atoms with E-state index in [0.717, 1.165) is 5.56 Å². The highest BCUT2D eigenvalue weighted by molar-refractivity contribution is 8.01. The van der Waals surface area contributed by atoms with Crippen LogP contribution in [0.25, 0.3) is 0 Å². The van der Waals surface area contributed by atoms with Crippen molar-refractivity contribution in [3.05, 3.63) is 64.4 Å². The summed E-state index contributed by atoms with van der Waals surface area (Å²) in [5.41, 5.74) is 1.98. The van der Waals surface area contributed by atoms with E-state index in [1.165, 1.54) is 23.9 Å². The monoisotopic (exact) mass is 404 g/mol. The van der Waals surface area contributed by atoms with E-state index in [9.17, 15) is 14.0 Å². The lowest BCUT2D eigenvalue weighted by Gasteiger charge is -2.33. The Balaban J connectivity index is 1.84. The summed E-state index contributed by atoms with van der Waals surface area (Å²) >= 11 is 7.68. The average molecular weight is 405 g/mol. The number of carbonyl (C=O) groups is 2. The highest BCUT2D eigenvalue weighted by Crippen LogP contribution is 2.54. The lowest BCUT2D eigenvalue weighted by atomic mass is 10.1. The molecular weight excluding hydrogens is 387 g/mol. The van der Waals surface area contributed by atoms with Gasteiger partial charge in [-0.1, -0.05) is 36.7 Å². The Hall–Kier alpha value is -2.05. The van der Waals surface area contributed by atoms with E-state index in [1.807, 2.05) is 18.2 Å². The SMILES string of the molecule is CCC(=O)N1CCSC12C(=O)N(Cc1ccccc1Cl)c1ccc(F)cc12. The lowest BCUT2D eigenvalue weighted by molar-refractivity contribution is -0.139. The molecule has 2 aromatic carbocycles. The Morgan fingerprint density at radius 2 is 2.07 bits per heavy atom. The fraction of sp³-hybridized carbons (Fsp3) is 0.300. The van der Waals surface area contributed by atoms with Crippen LogP contribution in [0, 0.1) is 5.82 Å². The van der Waals surface area contributed by atoms with Crippen molar-refractivity contribution in [3.63, 3.8) is 0 Å². The molecule has 2 aliphatic heterocycles. The van der Waals surface area contributed by atoms with Crippen molar-refractivity contribution in [1.29, 1.82) is 0 Å². The third-order valence-electron chi connectivity index (χ3n) is 5.05. The molecule has 2 heterocycles. The number of hydrogen-bond acceptors (Lipinski definition) is 3. The number of rotatable bonds is 3. The van der Waals surface area contributed by atoms with Crippen LogP contribution in [0.5, 0.6) is 0 Å². The largest absolute Gasteiger partial charge is 0.315 e. The Bertz CT molecular complexity index is 938. The minimum Gasteiger partial charge on any atom is -0.315 e. The van der Waals surface area contributed by atoms with Crippen LogP contribution < -0.4 is 4.90 Å². The zero-order chi connectivity index (χ0) is 19.2. The van der Waals surface area contributed by atoms with Crippen LogP contribution in [0.3, 0.4) is 0 Å². The minimum absolute atomic E-state index is 0.108. The van der Waals surface area contributed by atoms with Crippen LogP contribution >= 0.6 is 23.4 Å². The molecule has 0 N–H and O–H groups in total. The molecule has 2 aromatic rings. The van der Waals surface area contributed by atoms with E-state index < -0.39 is 10.7 Å². The first-order chi connectivity index (χ1) is 13.0. The van der Waals surface area contributed by atoms with E-state index >= 15 is 0 Å². The molecule has 1 fully saturated rings. The summed E-state index contributed by atoms with van der Waals surface area (Å²) in [6.07, 6.45) is 0.296. The number of hydrogen-bond donors (Lipinski definition) is 0. The van der Waals surface area contributed by atoms with Crippen molar-refractivity contribution in [1.82, 2.24) is 4.90 Å². The summed E-state index contributed by atoms with van der Waals surface area (Å²) in [6.45, 7) is 2.51. The smallest absolute Gasteiger partial charge is 0.268 e. The minimum atomic E-state index is -1.19. The number of thioether (sulfide) groups is 1. The van der Waals surface area contributed by atoms with Gasteiger partial charge in [-0.25, -0.2) is 4.39 Å². The molecule has 1 saturated heterocycles. The standard InChI is InChI=1S/C20H18ClFN2O2S/c1-2-18(25)24-9-10-27-20(24)15-11-14(22)7-8-17(15)23(19(20)26)12-13-5-3-4-6-16(13)21/h3-8,11H,2,9-10,12H2,1H3. The first-order valence-electron chi connectivity index (χ1n) is 8.79. The number of benzene rings is 2. The lowest BCUT2D eigenvalue weighted by Crippen LogP contribution is -2.50. The van der Waals surface area contributed by atoms with Gasteiger partial charge in [0.15, 0.2) is 4.87 Å². The molecule has 0 radical (unpaired) electrons. The predicted molar refractivity (Wildman–Crippen MR) is 105 cm³/mol. The number of carbonyl (C=O) groups excluding carboxylic acids is 2. The number of fused-ring (bicyclic) bond motifs is 2. The van der Waals surface area contributed by atoms with Gasteiger partial charge in [-0.05, 0) is 29.8 Å². The molecule has 0 bridgehead atoms. The first kappa shape index (κ1) is 18.3. The molecule has 4 rings (SSSR count). The van der Waals surface area contributed by atoms with Crippen molar-refractivity contribution in [3.8, 4) is 0 Å². The van der Waals surface area contributed by atoms with Gasteiger partial charge >= 0.3 is 0 Å². The van der Waals surface area contributed by atoms with Crippen LogP contribution in [0.2, 0.25) is 5.02 Å². The molecule has 1 spiro atoms. The molecule has 0 aromatic heterocycles. The Kier molecular flexibility index (Phi) is 4.64. The van der Waals surface area contributed by atoms with Gasteiger partial charge in [-0.15, -0.1) is 11.8 Å². The van der Waals surface area contributed by atoms with E-state index in [1.54, 1.807) is 28.9 Å². The normalized spacial score (nSPS) is 21.2. The maximum absolute atomic E-state index is 14.1. The highest BCUT2D eigenvalue weighted by atomic mass is 35.5. The molecular formula is C20H18ClFN2O2S. The summed E-state index contributed by atoms with van der Waals surface area (Å²) in [4.78, 5) is 28.2. The molecule has 140 valence electrons. The summed E-state index contributed by atoms with van der Waals surface area (Å²) in [7, 11) is 0. The summed E-state index contributed by atoms with van der Waals surface area (Å²) in [6, 6.07) is 11.7. The second kappa shape index (κ2) is 6.84. The topological polar surface area (TPSA) is 40.6 Å². The van der Waals surface area contributed by atoms with Gasteiger partial charge in [0.2, 0.25) is 5.91 Å². The second-order valence-electron chi connectivity index (χ2n) is 6.54. The Labute approximate surface area is 166 Å². The van der Waals surface area contributed by atoms with E-state index in [2.05, 4.69) is 0 Å². The highest BCUT2D eigenvalue weighted by Gasteiger charge is 2.59. The van der Waals surface area contributed by atoms with Gasteiger partial charge in [0, 0.05) is 29.3 Å². The first-order valence-corrected chi connectivity index (χ1v) is 10.1. The summed E-state index contributed by atoms with van der Waals surface area (Å²) in [5, 5.41) is 0.565. The molecule has 0 saturated carbocycles. The van der Waals surface area contributed by atoms with Gasteiger partial charge < -0.3 is 9.80 Å². The fourth-order valence-electron chi connectivity index (χ4n) is 3.79.